The van der Waals surface area contributed by atoms with Gasteiger partial charge >= 0.3 is 5.97 Å². The van der Waals surface area contributed by atoms with Crippen molar-refractivity contribution in [2.75, 3.05) is 7.11 Å². The van der Waals surface area contributed by atoms with Crippen molar-refractivity contribution in [1.82, 2.24) is 15.2 Å². The number of esters is 1. The molecule has 2 rings (SSSR count). The van der Waals surface area contributed by atoms with Crippen LogP contribution in [-0.4, -0.2) is 28.3 Å². The van der Waals surface area contributed by atoms with Gasteiger partial charge in [0.15, 0.2) is 0 Å². The van der Waals surface area contributed by atoms with Gasteiger partial charge in [0.2, 0.25) is 0 Å². The van der Waals surface area contributed by atoms with Crippen LogP contribution in [0.3, 0.4) is 0 Å². The van der Waals surface area contributed by atoms with Gasteiger partial charge in [-0.2, -0.15) is 5.10 Å². The number of aromatic nitrogens is 3. The summed E-state index contributed by atoms with van der Waals surface area (Å²) in [6.45, 7) is 0. The van der Waals surface area contributed by atoms with E-state index in [1.54, 1.807) is 0 Å². The molecule has 0 spiro atoms. The third kappa shape index (κ3) is 1.31. The molecule has 0 atom stereocenters. The molecule has 0 amide bonds. The van der Waals surface area contributed by atoms with E-state index < -0.39 is 5.97 Å². The molecular formula is C8H6ClN3O2. The van der Waals surface area contributed by atoms with Gasteiger partial charge in [-0.25, -0.2) is 9.78 Å². The fraction of sp³-hybridized carbons (Fsp3) is 0.125. The van der Waals surface area contributed by atoms with Crippen molar-refractivity contribution < 1.29 is 9.53 Å². The Morgan fingerprint density at radius 1 is 1.64 bits per heavy atom. The standard InChI is InChI=1S/C8H6ClN3O2/c1-14-8(13)5-2-4-6(3-10-5)11-12-7(4)9/h2-3H,1H3,(H,11,12). The maximum atomic E-state index is 11.1. The topological polar surface area (TPSA) is 67.9 Å². The molecule has 0 aliphatic rings. The molecule has 5 nitrogen and oxygen atoms in total. The lowest BCUT2D eigenvalue weighted by molar-refractivity contribution is 0.0594. The quantitative estimate of drug-likeness (QED) is 0.724. The number of rotatable bonds is 1. The van der Waals surface area contributed by atoms with E-state index in [2.05, 4.69) is 19.9 Å². The number of carbonyl (C=O) groups is 1. The zero-order valence-electron chi connectivity index (χ0n) is 7.24. The fourth-order valence-corrected chi connectivity index (χ4v) is 1.29. The minimum Gasteiger partial charge on any atom is -0.464 e. The number of carbonyl (C=O) groups excluding carboxylic acids is 1. The van der Waals surface area contributed by atoms with Crippen molar-refractivity contribution in [3.8, 4) is 0 Å². The molecule has 0 fully saturated rings. The number of nitrogens with zero attached hydrogens (tertiary/aromatic N) is 2. The van der Waals surface area contributed by atoms with Crippen molar-refractivity contribution in [3.63, 3.8) is 0 Å². The number of H-pyrrole nitrogens is 1. The van der Waals surface area contributed by atoms with E-state index in [4.69, 9.17) is 11.6 Å². The van der Waals surface area contributed by atoms with Gasteiger partial charge in [0.05, 0.1) is 13.3 Å². The van der Waals surface area contributed by atoms with Crippen molar-refractivity contribution >= 4 is 28.5 Å². The predicted octanol–water partition coefficient (Wildman–Crippen LogP) is 1.40. The molecule has 2 aromatic rings. The van der Waals surface area contributed by atoms with Crippen LogP contribution in [0.15, 0.2) is 12.3 Å². The van der Waals surface area contributed by atoms with E-state index in [0.29, 0.717) is 16.1 Å². The summed E-state index contributed by atoms with van der Waals surface area (Å²) in [7, 11) is 1.30. The Bertz CT molecular complexity index is 494. The SMILES string of the molecule is COC(=O)c1cc2c(Cl)[nH]nc2cn1. The Labute approximate surface area is 84.0 Å². The number of halogens is 1. The zero-order chi connectivity index (χ0) is 10.1. The Hall–Kier alpha value is -1.62. The lowest BCUT2D eigenvalue weighted by atomic mass is 10.3. The van der Waals surface area contributed by atoms with Crippen LogP contribution in [0, 0.1) is 0 Å². The normalized spacial score (nSPS) is 10.4. The molecule has 0 aliphatic heterocycles. The highest BCUT2D eigenvalue weighted by Gasteiger charge is 2.10. The highest BCUT2D eigenvalue weighted by atomic mass is 35.5. The molecule has 6 heteroatoms. The molecule has 1 N–H and O–H groups in total. The summed E-state index contributed by atoms with van der Waals surface area (Å²) in [5, 5.41) is 7.49. The Balaban J connectivity index is 2.60. The van der Waals surface area contributed by atoms with Crippen LogP contribution in [0.4, 0.5) is 0 Å². The first-order chi connectivity index (χ1) is 6.72. The molecular weight excluding hydrogens is 206 g/mol. The molecule has 0 unspecified atom stereocenters. The third-order valence-corrected chi connectivity index (χ3v) is 2.08. The number of methoxy groups -OCH3 is 1. The molecule has 14 heavy (non-hydrogen) atoms. The maximum Gasteiger partial charge on any atom is 0.356 e. The van der Waals surface area contributed by atoms with Gasteiger partial charge in [-0.3, -0.25) is 5.10 Å². The van der Waals surface area contributed by atoms with Crippen molar-refractivity contribution in [2.45, 2.75) is 0 Å². The summed E-state index contributed by atoms with van der Waals surface area (Å²) in [4.78, 5) is 15.0. The number of hydrogen-bond acceptors (Lipinski definition) is 4. The Kier molecular flexibility index (Phi) is 2.09. The number of fused-ring (bicyclic) bond motifs is 1. The lowest BCUT2D eigenvalue weighted by Crippen LogP contribution is -2.03. The Morgan fingerprint density at radius 3 is 3.14 bits per heavy atom. The average molecular weight is 212 g/mol. The second kappa shape index (κ2) is 3.26. The van der Waals surface area contributed by atoms with E-state index >= 15 is 0 Å². The summed E-state index contributed by atoms with van der Waals surface area (Å²) >= 11 is 5.79. The van der Waals surface area contributed by atoms with Crippen LogP contribution in [0.1, 0.15) is 10.5 Å². The van der Waals surface area contributed by atoms with Gasteiger partial charge in [0.1, 0.15) is 16.4 Å². The second-order valence-corrected chi connectivity index (χ2v) is 2.99. The summed E-state index contributed by atoms with van der Waals surface area (Å²) < 4.78 is 4.53. The summed E-state index contributed by atoms with van der Waals surface area (Å²) in [6, 6.07) is 1.53. The Morgan fingerprint density at radius 2 is 2.43 bits per heavy atom. The predicted molar refractivity (Wildman–Crippen MR) is 50.2 cm³/mol. The van der Waals surface area contributed by atoms with Crippen LogP contribution < -0.4 is 0 Å². The molecule has 2 heterocycles. The van der Waals surface area contributed by atoms with Crippen LogP contribution in [0.2, 0.25) is 5.15 Å². The molecule has 0 radical (unpaired) electrons. The monoisotopic (exact) mass is 211 g/mol. The summed E-state index contributed by atoms with van der Waals surface area (Å²) in [6.07, 6.45) is 1.46. The van der Waals surface area contributed by atoms with E-state index in [0.717, 1.165) is 0 Å². The number of ether oxygens (including phenoxy) is 1. The first-order valence-electron chi connectivity index (χ1n) is 3.80. The van der Waals surface area contributed by atoms with Crippen molar-refractivity contribution in [1.29, 1.82) is 0 Å². The maximum absolute atomic E-state index is 11.1. The van der Waals surface area contributed by atoms with E-state index in [1.165, 1.54) is 19.4 Å². The largest absolute Gasteiger partial charge is 0.464 e. The van der Waals surface area contributed by atoms with Crippen molar-refractivity contribution in [2.24, 2.45) is 0 Å². The number of nitrogens with one attached hydrogen (secondary N) is 1. The highest BCUT2D eigenvalue weighted by Crippen LogP contribution is 2.20. The van der Waals surface area contributed by atoms with Gasteiger partial charge in [0.25, 0.3) is 0 Å². The van der Waals surface area contributed by atoms with Gasteiger partial charge in [-0.05, 0) is 6.07 Å². The van der Waals surface area contributed by atoms with Crippen LogP contribution in [-0.2, 0) is 4.74 Å². The van der Waals surface area contributed by atoms with E-state index in [-0.39, 0.29) is 5.69 Å². The van der Waals surface area contributed by atoms with Crippen LogP contribution in [0.25, 0.3) is 10.9 Å². The minimum atomic E-state index is -0.496. The summed E-state index contributed by atoms with van der Waals surface area (Å²) in [5.74, 6) is -0.496. The van der Waals surface area contributed by atoms with E-state index in [9.17, 15) is 4.79 Å². The molecule has 2 aromatic heterocycles. The average Bonchev–Trinajstić information content (AvgIpc) is 2.59. The second-order valence-electron chi connectivity index (χ2n) is 2.62. The molecule has 72 valence electrons. The fourth-order valence-electron chi connectivity index (χ4n) is 1.10. The minimum absolute atomic E-state index is 0.211. The van der Waals surface area contributed by atoms with Gasteiger partial charge in [-0.1, -0.05) is 11.6 Å². The van der Waals surface area contributed by atoms with Crippen molar-refractivity contribution in [3.05, 3.63) is 23.1 Å². The molecule has 0 aromatic carbocycles. The first-order valence-corrected chi connectivity index (χ1v) is 4.18. The molecule has 0 saturated carbocycles. The molecule has 0 aliphatic carbocycles. The number of hydrogen-bond donors (Lipinski definition) is 1. The lowest BCUT2D eigenvalue weighted by Gasteiger charge is -1.96. The van der Waals surface area contributed by atoms with E-state index in [1.807, 2.05) is 0 Å². The van der Waals surface area contributed by atoms with Crippen LogP contribution >= 0.6 is 11.6 Å². The van der Waals surface area contributed by atoms with Gasteiger partial charge < -0.3 is 4.74 Å². The smallest absolute Gasteiger partial charge is 0.356 e. The van der Waals surface area contributed by atoms with Crippen LogP contribution in [0.5, 0.6) is 0 Å². The first kappa shape index (κ1) is 8.96. The van der Waals surface area contributed by atoms with Gasteiger partial charge in [0, 0.05) is 5.39 Å². The summed E-state index contributed by atoms with van der Waals surface area (Å²) in [5.41, 5.74) is 0.825. The zero-order valence-corrected chi connectivity index (χ0v) is 8.00. The number of aromatic amines is 1. The number of pyridine rings is 1. The molecule has 0 saturated heterocycles. The third-order valence-electron chi connectivity index (χ3n) is 1.79. The van der Waals surface area contributed by atoms with Gasteiger partial charge in [-0.15, -0.1) is 0 Å². The highest BCUT2D eigenvalue weighted by molar-refractivity contribution is 6.34. The molecule has 0 bridgehead atoms.